The Labute approximate surface area is 210 Å². The van der Waals surface area contributed by atoms with Gasteiger partial charge in [-0.25, -0.2) is 0 Å². The first-order valence-corrected chi connectivity index (χ1v) is 11.6. The summed E-state index contributed by atoms with van der Waals surface area (Å²) in [7, 11) is 1.52. The maximum Gasteiger partial charge on any atom is 0.300 e. The number of amides is 1. The molecule has 3 aromatic carbocycles. The molecule has 1 N–H and O–H groups in total. The van der Waals surface area contributed by atoms with Gasteiger partial charge in [0.2, 0.25) is 0 Å². The first-order chi connectivity index (χ1) is 16.9. The molecule has 0 spiro atoms. The summed E-state index contributed by atoms with van der Waals surface area (Å²) < 4.78 is 11.9. The van der Waals surface area contributed by atoms with Gasteiger partial charge in [-0.2, -0.15) is 5.26 Å². The third kappa shape index (κ3) is 4.51. The number of carbonyl (C=O) groups is 2. The number of carbonyl (C=O) groups excluding carboxylic acids is 2. The lowest BCUT2D eigenvalue weighted by atomic mass is 9.94. The van der Waals surface area contributed by atoms with E-state index in [9.17, 15) is 14.7 Å². The molecule has 0 radical (unpaired) electrons. The predicted molar refractivity (Wildman–Crippen MR) is 134 cm³/mol. The van der Waals surface area contributed by atoms with Crippen molar-refractivity contribution in [2.45, 2.75) is 13.0 Å². The number of hydrogen-bond donors (Lipinski definition) is 1. The number of halogens is 1. The quantitative estimate of drug-likeness (QED) is 0.260. The van der Waals surface area contributed by atoms with Gasteiger partial charge in [0.1, 0.15) is 5.76 Å². The van der Waals surface area contributed by atoms with E-state index in [-0.39, 0.29) is 11.3 Å². The second kappa shape index (κ2) is 10.0. The number of ketones is 1. The lowest BCUT2D eigenvalue weighted by Crippen LogP contribution is -2.29. The number of methoxy groups -OCH3 is 1. The van der Waals surface area contributed by atoms with Crippen LogP contribution in [0.5, 0.6) is 11.5 Å². The zero-order valence-corrected chi connectivity index (χ0v) is 20.6. The van der Waals surface area contributed by atoms with Crippen molar-refractivity contribution < 1.29 is 24.2 Å². The molecule has 3 aromatic rings. The monoisotopic (exact) mass is 532 g/mol. The number of rotatable bonds is 6. The molecule has 35 heavy (non-hydrogen) atoms. The van der Waals surface area contributed by atoms with E-state index in [0.29, 0.717) is 40.5 Å². The minimum atomic E-state index is -0.934. The van der Waals surface area contributed by atoms with Crippen molar-refractivity contribution in [1.82, 2.24) is 0 Å². The second-order valence-corrected chi connectivity index (χ2v) is 8.59. The summed E-state index contributed by atoms with van der Waals surface area (Å²) in [5, 5.41) is 20.4. The molecule has 7 nitrogen and oxygen atoms in total. The Bertz CT molecular complexity index is 1360. The molecule has 1 amide bonds. The van der Waals surface area contributed by atoms with E-state index in [4.69, 9.17) is 14.7 Å². The van der Waals surface area contributed by atoms with E-state index < -0.39 is 17.7 Å². The molecule has 176 valence electrons. The molecule has 4 rings (SSSR count). The largest absolute Gasteiger partial charge is 0.507 e. The van der Waals surface area contributed by atoms with Gasteiger partial charge in [0.05, 0.1) is 37.0 Å². The molecule has 1 aliphatic rings. The Morgan fingerprint density at radius 1 is 1.06 bits per heavy atom. The van der Waals surface area contributed by atoms with Crippen LogP contribution in [-0.2, 0) is 9.59 Å². The van der Waals surface area contributed by atoms with Crippen LogP contribution < -0.4 is 14.4 Å². The summed E-state index contributed by atoms with van der Waals surface area (Å²) in [6.45, 7) is 2.22. The van der Waals surface area contributed by atoms with Crippen LogP contribution in [0, 0.1) is 11.3 Å². The molecule has 1 unspecified atom stereocenters. The summed E-state index contributed by atoms with van der Waals surface area (Å²) in [6, 6.07) is 19.4. The molecule has 0 aromatic heterocycles. The number of anilines is 1. The van der Waals surface area contributed by atoms with Gasteiger partial charge in [0, 0.05) is 15.7 Å². The van der Waals surface area contributed by atoms with Gasteiger partial charge in [-0.05, 0) is 61.0 Å². The highest BCUT2D eigenvalue weighted by molar-refractivity contribution is 9.10. The number of hydrogen-bond acceptors (Lipinski definition) is 6. The molecule has 1 aliphatic heterocycles. The molecule has 0 bridgehead atoms. The zero-order chi connectivity index (χ0) is 25.1. The maximum atomic E-state index is 13.3. The van der Waals surface area contributed by atoms with Gasteiger partial charge in [-0.3, -0.25) is 14.5 Å². The van der Waals surface area contributed by atoms with Crippen molar-refractivity contribution in [2.24, 2.45) is 0 Å². The number of ether oxygens (including phenoxy) is 2. The summed E-state index contributed by atoms with van der Waals surface area (Å²) >= 11 is 3.36. The van der Waals surface area contributed by atoms with E-state index in [2.05, 4.69) is 15.9 Å². The van der Waals surface area contributed by atoms with E-state index in [1.165, 1.54) is 12.0 Å². The highest BCUT2D eigenvalue weighted by Gasteiger charge is 2.47. The van der Waals surface area contributed by atoms with Crippen LogP contribution in [0.3, 0.4) is 0 Å². The molecule has 1 saturated heterocycles. The summed E-state index contributed by atoms with van der Waals surface area (Å²) in [5.74, 6) is -0.938. The van der Waals surface area contributed by atoms with E-state index in [0.717, 1.165) is 4.47 Å². The SMILES string of the molecule is CCOc1cc(C2/C(=C(/O)c3ccc(Br)cc3)C(=O)C(=O)N2c2ccc(C#N)cc2)ccc1OC. The topological polar surface area (TPSA) is 99.9 Å². The second-order valence-electron chi connectivity index (χ2n) is 7.68. The number of aliphatic hydroxyl groups excluding tert-OH is 1. The molecule has 1 atom stereocenters. The zero-order valence-electron chi connectivity index (χ0n) is 19.0. The van der Waals surface area contributed by atoms with Crippen LogP contribution in [0.2, 0.25) is 0 Å². The van der Waals surface area contributed by atoms with Crippen LogP contribution >= 0.6 is 15.9 Å². The number of nitriles is 1. The average molecular weight is 533 g/mol. The number of aliphatic hydroxyl groups is 1. The average Bonchev–Trinajstić information content (AvgIpc) is 3.14. The highest BCUT2D eigenvalue weighted by Crippen LogP contribution is 2.44. The Balaban J connectivity index is 1.95. The van der Waals surface area contributed by atoms with Crippen LogP contribution in [0.15, 0.2) is 76.8 Å². The maximum absolute atomic E-state index is 13.3. The van der Waals surface area contributed by atoms with Crippen LogP contribution in [0.4, 0.5) is 5.69 Å². The minimum absolute atomic E-state index is 0.0469. The predicted octanol–water partition coefficient (Wildman–Crippen LogP) is 5.35. The van der Waals surface area contributed by atoms with Crippen molar-refractivity contribution in [1.29, 1.82) is 5.26 Å². The van der Waals surface area contributed by atoms with Crippen LogP contribution in [0.25, 0.3) is 5.76 Å². The number of nitrogens with zero attached hydrogens (tertiary/aromatic N) is 2. The molecular formula is C27H21BrN2O5. The number of Topliss-reactive ketones (excluding diaryl/α,β-unsaturated/α-hetero) is 1. The van der Waals surface area contributed by atoms with Gasteiger partial charge in [-0.15, -0.1) is 0 Å². The van der Waals surface area contributed by atoms with Crippen molar-refractivity contribution in [3.63, 3.8) is 0 Å². The van der Waals surface area contributed by atoms with Gasteiger partial charge in [-0.1, -0.05) is 34.1 Å². The van der Waals surface area contributed by atoms with Crippen LogP contribution in [-0.4, -0.2) is 30.5 Å². The summed E-state index contributed by atoms with van der Waals surface area (Å²) in [6.07, 6.45) is 0. The Morgan fingerprint density at radius 3 is 2.34 bits per heavy atom. The fourth-order valence-corrected chi connectivity index (χ4v) is 4.27. The smallest absolute Gasteiger partial charge is 0.300 e. The normalized spacial score (nSPS) is 16.7. The Hall–Kier alpha value is -4.09. The summed E-state index contributed by atoms with van der Waals surface area (Å²) in [5.41, 5.74) is 1.74. The lowest BCUT2D eigenvalue weighted by molar-refractivity contribution is -0.132. The third-order valence-corrected chi connectivity index (χ3v) is 6.17. The minimum Gasteiger partial charge on any atom is -0.507 e. The van der Waals surface area contributed by atoms with Crippen molar-refractivity contribution >= 4 is 39.1 Å². The van der Waals surface area contributed by atoms with Gasteiger partial charge in [0.15, 0.2) is 11.5 Å². The van der Waals surface area contributed by atoms with Gasteiger partial charge < -0.3 is 14.6 Å². The van der Waals surface area contributed by atoms with Gasteiger partial charge >= 0.3 is 0 Å². The van der Waals surface area contributed by atoms with Crippen molar-refractivity contribution in [3.8, 4) is 17.6 Å². The van der Waals surface area contributed by atoms with Gasteiger partial charge in [0.25, 0.3) is 11.7 Å². The third-order valence-electron chi connectivity index (χ3n) is 5.64. The van der Waals surface area contributed by atoms with Crippen LogP contribution in [0.1, 0.15) is 29.7 Å². The fraction of sp³-hybridized carbons (Fsp3) is 0.148. The number of benzene rings is 3. The highest BCUT2D eigenvalue weighted by atomic mass is 79.9. The van der Waals surface area contributed by atoms with E-state index in [1.807, 2.05) is 13.0 Å². The standard InChI is InChI=1S/C27H21BrN2O5/c1-3-35-22-14-18(8-13-21(22)34-2)24-23(25(31)17-6-9-19(28)10-7-17)26(32)27(33)30(24)20-11-4-16(15-29)5-12-20/h4-14,24,31H,3H2,1-2H3/b25-23-. The Morgan fingerprint density at radius 2 is 1.74 bits per heavy atom. The summed E-state index contributed by atoms with van der Waals surface area (Å²) in [4.78, 5) is 27.9. The Kier molecular flexibility index (Phi) is 6.90. The molecule has 1 heterocycles. The fourth-order valence-electron chi connectivity index (χ4n) is 4.01. The molecular weight excluding hydrogens is 512 g/mol. The molecule has 1 fully saturated rings. The first-order valence-electron chi connectivity index (χ1n) is 10.8. The molecule has 0 saturated carbocycles. The van der Waals surface area contributed by atoms with Crippen molar-refractivity contribution in [2.75, 3.05) is 18.6 Å². The molecule has 8 heteroatoms. The van der Waals surface area contributed by atoms with E-state index >= 15 is 0 Å². The van der Waals surface area contributed by atoms with Crippen molar-refractivity contribution in [3.05, 3.63) is 93.5 Å². The molecule has 0 aliphatic carbocycles. The first kappa shape index (κ1) is 24.0. The lowest BCUT2D eigenvalue weighted by Gasteiger charge is -2.26. The van der Waals surface area contributed by atoms with E-state index in [1.54, 1.807) is 66.7 Å².